The Bertz CT molecular complexity index is 1240. The van der Waals surface area contributed by atoms with E-state index < -0.39 is 0 Å². The summed E-state index contributed by atoms with van der Waals surface area (Å²) in [6.45, 7) is 0. The van der Waals surface area contributed by atoms with E-state index in [0.29, 0.717) is 28.2 Å². The summed E-state index contributed by atoms with van der Waals surface area (Å²) >= 11 is 0. The van der Waals surface area contributed by atoms with E-state index in [1.807, 2.05) is 60.7 Å². The van der Waals surface area contributed by atoms with Crippen LogP contribution in [0.25, 0.3) is 22.5 Å². The van der Waals surface area contributed by atoms with E-state index >= 15 is 0 Å². The Morgan fingerprint density at radius 1 is 0.967 bits per heavy atom. The predicted octanol–water partition coefficient (Wildman–Crippen LogP) is 5.95. The van der Waals surface area contributed by atoms with Crippen LogP contribution >= 0.6 is 0 Å². The minimum Gasteiger partial charge on any atom is -0.507 e. The number of methoxy groups -OCH3 is 1. The molecule has 1 heterocycles. The summed E-state index contributed by atoms with van der Waals surface area (Å²) in [6.07, 6.45) is 1.46. The van der Waals surface area contributed by atoms with E-state index in [9.17, 15) is 10.4 Å². The lowest BCUT2D eigenvalue weighted by molar-refractivity contribution is 0.412. The van der Waals surface area contributed by atoms with Gasteiger partial charge in [0, 0.05) is 22.9 Å². The molecule has 0 amide bonds. The zero-order valence-electron chi connectivity index (χ0n) is 16.2. The molecular formula is C25H18N2O3. The number of nitrogens with zero attached hydrogens (tertiary/aromatic N) is 2. The first-order valence-electron chi connectivity index (χ1n) is 9.30. The Balaban J connectivity index is 1.88. The Morgan fingerprint density at radius 2 is 1.63 bits per heavy atom. The zero-order chi connectivity index (χ0) is 20.9. The van der Waals surface area contributed by atoms with Crippen molar-refractivity contribution in [1.82, 2.24) is 0 Å². The molecule has 1 N–H and O–H groups in total. The van der Waals surface area contributed by atoms with Gasteiger partial charge in [-0.2, -0.15) is 5.26 Å². The van der Waals surface area contributed by atoms with Gasteiger partial charge in [0.1, 0.15) is 28.9 Å². The molecule has 146 valence electrons. The smallest absolute Gasteiger partial charge is 0.238 e. The van der Waals surface area contributed by atoms with E-state index in [0.717, 1.165) is 11.1 Å². The maximum absolute atomic E-state index is 10.1. The summed E-state index contributed by atoms with van der Waals surface area (Å²) in [6, 6.07) is 26.3. The largest absolute Gasteiger partial charge is 0.507 e. The molecule has 0 radical (unpaired) electrons. The number of furan rings is 1. The van der Waals surface area contributed by atoms with Gasteiger partial charge in [-0.25, -0.2) is 4.99 Å². The first-order chi connectivity index (χ1) is 14.7. The van der Waals surface area contributed by atoms with Gasteiger partial charge in [-0.05, 0) is 23.8 Å². The van der Waals surface area contributed by atoms with Gasteiger partial charge < -0.3 is 14.3 Å². The standard InChI is InChI=1S/C25H18N2O3/c1-29-20-12-13-22(28)19(14-20)16-27-25-21(15-26)23(17-8-4-2-5-9-17)24(30-25)18-10-6-3-7-11-18/h2-14,16,28H,1H3/b27-16+. The third-order valence-corrected chi connectivity index (χ3v) is 4.66. The summed E-state index contributed by atoms with van der Waals surface area (Å²) in [4.78, 5) is 4.39. The quantitative estimate of drug-likeness (QED) is 0.424. The van der Waals surface area contributed by atoms with Gasteiger partial charge >= 0.3 is 0 Å². The fourth-order valence-electron chi connectivity index (χ4n) is 3.18. The van der Waals surface area contributed by atoms with Gasteiger partial charge in [0.05, 0.1) is 7.11 Å². The second-order valence-electron chi connectivity index (χ2n) is 6.51. The Morgan fingerprint density at radius 3 is 2.27 bits per heavy atom. The molecule has 0 fully saturated rings. The number of rotatable bonds is 5. The highest BCUT2D eigenvalue weighted by Gasteiger charge is 2.22. The van der Waals surface area contributed by atoms with Gasteiger partial charge in [0.25, 0.3) is 0 Å². The highest BCUT2D eigenvalue weighted by molar-refractivity contribution is 5.90. The molecule has 4 rings (SSSR count). The molecule has 0 atom stereocenters. The second kappa shape index (κ2) is 8.38. The van der Waals surface area contributed by atoms with Crippen LogP contribution in [0, 0.1) is 11.3 Å². The van der Waals surface area contributed by atoms with Gasteiger partial charge in [-0.15, -0.1) is 0 Å². The van der Waals surface area contributed by atoms with E-state index in [-0.39, 0.29) is 11.6 Å². The van der Waals surface area contributed by atoms with E-state index in [4.69, 9.17) is 9.15 Å². The molecular weight excluding hydrogens is 376 g/mol. The van der Waals surface area contributed by atoms with Crippen LogP contribution in [0.2, 0.25) is 0 Å². The fraction of sp³-hybridized carbons (Fsp3) is 0.0400. The number of aromatic hydroxyl groups is 1. The van der Waals surface area contributed by atoms with Crippen molar-refractivity contribution in [3.63, 3.8) is 0 Å². The van der Waals surface area contributed by atoms with Crippen molar-refractivity contribution in [3.05, 3.63) is 90.0 Å². The van der Waals surface area contributed by atoms with E-state index in [1.165, 1.54) is 12.3 Å². The topological polar surface area (TPSA) is 78.8 Å². The second-order valence-corrected chi connectivity index (χ2v) is 6.51. The zero-order valence-corrected chi connectivity index (χ0v) is 16.2. The molecule has 0 aliphatic heterocycles. The SMILES string of the molecule is COc1ccc(O)c(/C=N/c2oc(-c3ccccc3)c(-c3ccccc3)c2C#N)c1. The number of hydrogen-bond donors (Lipinski definition) is 1. The molecule has 5 nitrogen and oxygen atoms in total. The van der Waals surface area contributed by atoms with Crippen molar-refractivity contribution in [3.8, 4) is 40.0 Å². The van der Waals surface area contributed by atoms with E-state index in [2.05, 4.69) is 11.1 Å². The summed E-state index contributed by atoms with van der Waals surface area (Å²) in [7, 11) is 1.55. The molecule has 0 aliphatic rings. The average Bonchev–Trinajstić information content (AvgIpc) is 3.18. The first kappa shape index (κ1) is 19.0. The maximum atomic E-state index is 10.1. The van der Waals surface area contributed by atoms with Gasteiger partial charge in [-0.1, -0.05) is 60.7 Å². The monoisotopic (exact) mass is 394 g/mol. The number of aliphatic imine (C=N–C) groups is 1. The first-order valence-corrected chi connectivity index (χ1v) is 9.30. The normalized spacial score (nSPS) is 10.8. The highest BCUT2D eigenvalue weighted by atomic mass is 16.5. The minimum absolute atomic E-state index is 0.0520. The molecule has 0 saturated carbocycles. The number of ether oxygens (including phenoxy) is 1. The van der Waals surface area contributed by atoms with Gasteiger partial charge in [-0.3, -0.25) is 0 Å². The van der Waals surface area contributed by atoms with Crippen molar-refractivity contribution in [1.29, 1.82) is 5.26 Å². The summed E-state index contributed by atoms with van der Waals surface area (Å²) < 4.78 is 11.3. The molecule has 0 saturated heterocycles. The van der Waals surface area contributed by atoms with Crippen molar-refractivity contribution in [2.45, 2.75) is 0 Å². The molecule has 1 aromatic heterocycles. The molecule has 0 aliphatic carbocycles. The molecule has 5 heteroatoms. The Kier molecular flexibility index (Phi) is 5.31. The molecule has 0 bridgehead atoms. The van der Waals surface area contributed by atoms with Crippen LogP contribution in [0.15, 0.2) is 88.3 Å². The molecule has 3 aromatic carbocycles. The Labute approximate surface area is 174 Å². The molecule has 30 heavy (non-hydrogen) atoms. The lowest BCUT2D eigenvalue weighted by Gasteiger charge is -2.03. The van der Waals surface area contributed by atoms with E-state index in [1.54, 1.807) is 19.2 Å². The fourth-order valence-corrected chi connectivity index (χ4v) is 3.18. The predicted molar refractivity (Wildman–Crippen MR) is 116 cm³/mol. The number of nitriles is 1. The lowest BCUT2D eigenvalue weighted by atomic mass is 9.98. The molecule has 0 unspecified atom stereocenters. The van der Waals surface area contributed by atoms with Crippen molar-refractivity contribution >= 4 is 12.1 Å². The van der Waals surface area contributed by atoms with Crippen LogP contribution < -0.4 is 4.74 Å². The van der Waals surface area contributed by atoms with Crippen molar-refractivity contribution in [2.24, 2.45) is 4.99 Å². The van der Waals surface area contributed by atoms with Crippen molar-refractivity contribution in [2.75, 3.05) is 7.11 Å². The number of phenolic OH excluding ortho intramolecular Hbond substituents is 1. The number of hydrogen-bond acceptors (Lipinski definition) is 5. The van der Waals surface area contributed by atoms with Crippen LogP contribution in [0.1, 0.15) is 11.1 Å². The van der Waals surface area contributed by atoms with Crippen molar-refractivity contribution < 1.29 is 14.3 Å². The number of phenols is 1. The minimum atomic E-state index is 0.0520. The third-order valence-electron chi connectivity index (χ3n) is 4.66. The van der Waals surface area contributed by atoms with Crippen LogP contribution in [-0.4, -0.2) is 18.4 Å². The van der Waals surface area contributed by atoms with Crippen LogP contribution in [0.4, 0.5) is 5.88 Å². The van der Waals surface area contributed by atoms with Crippen LogP contribution in [-0.2, 0) is 0 Å². The van der Waals surface area contributed by atoms with Gasteiger partial charge in [0.15, 0.2) is 0 Å². The lowest BCUT2D eigenvalue weighted by Crippen LogP contribution is -1.87. The summed E-state index contributed by atoms with van der Waals surface area (Å²) in [5, 5.41) is 20.0. The number of benzene rings is 3. The van der Waals surface area contributed by atoms with Crippen LogP contribution in [0.5, 0.6) is 11.5 Å². The summed E-state index contributed by atoms with van der Waals surface area (Å²) in [5.74, 6) is 1.39. The molecule has 0 spiro atoms. The third kappa shape index (κ3) is 3.67. The maximum Gasteiger partial charge on any atom is 0.238 e. The average molecular weight is 394 g/mol. The van der Waals surface area contributed by atoms with Gasteiger partial charge in [0.2, 0.25) is 5.88 Å². The highest BCUT2D eigenvalue weighted by Crippen LogP contribution is 2.42. The summed E-state index contributed by atoms with van der Waals surface area (Å²) in [5.41, 5.74) is 3.18. The van der Waals surface area contributed by atoms with Crippen LogP contribution in [0.3, 0.4) is 0 Å². The Hall–Kier alpha value is -4.30. The molecule has 4 aromatic rings.